The van der Waals surface area contributed by atoms with Crippen LogP contribution in [0.3, 0.4) is 0 Å². The second-order valence-electron chi connectivity index (χ2n) is 5.06. The van der Waals surface area contributed by atoms with E-state index in [1.54, 1.807) is 7.11 Å². The van der Waals surface area contributed by atoms with Gasteiger partial charge < -0.3 is 19.9 Å². The van der Waals surface area contributed by atoms with E-state index >= 15 is 0 Å². The van der Waals surface area contributed by atoms with E-state index in [0.29, 0.717) is 25.6 Å². The summed E-state index contributed by atoms with van der Waals surface area (Å²) in [5.74, 6) is 0.656. The molecule has 1 aromatic heterocycles. The zero-order valence-corrected chi connectivity index (χ0v) is 12.1. The van der Waals surface area contributed by atoms with Crippen LogP contribution >= 0.6 is 0 Å². The zero-order chi connectivity index (χ0) is 14.1. The summed E-state index contributed by atoms with van der Waals surface area (Å²) in [4.78, 5) is 11.6. The minimum atomic E-state index is 0.00865. The number of hydrogen-bond donors (Lipinski definition) is 2. The lowest BCUT2D eigenvalue weighted by Gasteiger charge is -2.06. The smallest absolute Gasteiger partial charge is 0.239 e. The molecule has 0 unspecified atom stereocenters. The van der Waals surface area contributed by atoms with Gasteiger partial charge in [-0.2, -0.15) is 0 Å². The van der Waals surface area contributed by atoms with Crippen LogP contribution < -0.4 is 10.6 Å². The Kier molecular flexibility index (Phi) is 7.22. The summed E-state index contributed by atoms with van der Waals surface area (Å²) in [6.07, 6.45) is 3.94. The molecule has 5 nitrogen and oxygen atoms in total. The van der Waals surface area contributed by atoms with E-state index < -0.39 is 0 Å². The van der Waals surface area contributed by atoms with Crippen molar-refractivity contribution in [3.63, 3.8) is 0 Å². The lowest BCUT2D eigenvalue weighted by molar-refractivity contribution is -0.121. The molecule has 0 aliphatic rings. The highest BCUT2D eigenvalue weighted by atomic mass is 16.5. The Morgan fingerprint density at radius 1 is 1.47 bits per heavy atom. The van der Waals surface area contributed by atoms with Gasteiger partial charge in [-0.25, -0.2) is 0 Å². The van der Waals surface area contributed by atoms with Gasteiger partial charge in [0.15, 0.2) is 0 Å². The molecule has 1 heterocycles. The molecule has 0 aromatic carbocycles. The second kappa shape index (κ2) is 8.72. The molecule has 0 bridgehead atoms. The van der Waals surface area contributed by atoms with Gasteiger partial charge in [0.1, 0.15) is 6.54 Å². The van der Waals surface area contributed by atoms with Crippen molar-refractivity contribution < 1.29 is 9.53 Å². The molecule has 0 saturated heterocycles. The number of amides is 1. The molecule has 1 aromatic rings. The zero-order valence-electron chi connectivity index (χ0n) is 12.1. The van der Waals surface area contributed by atoms with Crippen LogP contribution in [0.15, 0.2) is 18.5 Å². The molecule has 19 heavy (non-hydrogen) atoms. The van der Waals surface area contributed by atoms with Crippen LogP contribution in [0.1, 0.15) is 19.4 Å². The average Bonchev–Trinajstić information content (AvgIpc) is 2.76. The van der Waals surface area contributed by atoms with Crippen molar-refractivity contribution in [1.82, 2.24) is 15.2 Å². The topological polar surface area (TPSA) is 55.3 Å². The van der Waals surface area contributed by atoms with Crippen molar-refractivity contribution in [1.29, 1.82) is 0 Å². The Balaban J connectivity index is 2.27. The van der Waals surface area contributed by atoms with Gasteiger partial charge in [-0.05, 0) is 24.1 Å². The first-order valence-electron chi connectivity index (χ1n) is 6.73. The fourth-order valence-corrected chi connectivity index (χ4v) is 1.71. The molecule has 108 valence electrons. The molecule has 5 heteroatoms. The number of rotatable bonds is 9. The molecular formula is C14H25N3O2. The molecular weight excluding hydrogens is 242 g/mol. The van der Waals surface area contributed by atoms with E-state index in [0.717, 1.165) is 13.1 Å². The summed E-state index contributed by atoms with van der Waals surface area (Å²) in [6.45, 7) is 7.67. The predicted molar refractivity (Wildman–Crippen MR) is 75.9 cm³/mol. The standard InChI is InChI=1S/C14H25N3O2/c1-12(2)8-15-9-13-4-6-17(10-13)11-14(18)16-5-7-19-3/h4,6,10,12,15H,5,7-9,11H2,1-3H3,(H,16,18). The molecule has 0 aliphatic heterocycles. The van der Waals surface area contributed by atoms with Crippen molar-refractivity contribution >= 4 is 5.91 Å². The van der Waals surface area contributed by atoms with Crippen LogP contribution in [0.5, 0.6) is 0 Å². The van der Waals surface area contributed by atoms with Crippen LogP contribution in [0.4, 0.5) is 0 Å². The van der Waals surface area contributed by atoms with Gasteiger partial charge >= 0.3 is 0 Å². The number of methoxy groups -OCH3 is 1. The first kappa shape index (κ1) is 15.7. The normalized spacial score (nSPS) is 10.9. The van der Waals surface area contributed by atoms with Gasteiger partial charge in [-0.1, -0.05) is 13.8 Å². The van der Waals surface area contributed by atoms with Crippen LogP contribution in [0, 0.1) is 5.92 Å². The van der Waals surface area contributed by atoms with Gasteiger partial charge in [0, 0.05) is 32.6 Å². The summed E-state index contributed by atoms with van der Waals surface area (Å²) in [5.41, 5.74) is 1.20. The van der Waals surface area contributed by atoms with Gasteiger partial charge in [-0.3, -0.25) is 4.79 Å². The van der Waals surface area contributed by atoms with Crippen molar-refractivity contribution in [2.24, 2.45) is 5.92 Å². The van der Waals surface area contributed by atoms with E-state index in [9.17, 15) is 4.79 Å². The number of ether oxygens (including phenoxy) is 1. The van der Waals surface area contributed by atoms with E-state index in [-0.39, 0.29) is 5.91 Å². The average molecular weight is 267 g/mol. The monoisotopic (exact) mass is 267 g/mol. The van der Waals surface area contributed by atoms with E-state index in [4.69, 9.17) is 4.74 Å². The minimum absolute atomic E-state index is 0.00865. The van der Waals surface area contributed by atoms with E-state index in [2.05, 4.69) is 24.5 Å². The van der Waals surface area contributed by atoms with Crippen molar-refractivity contribution in [3.05, 3.63) is 24.0 Å². The lowest BCUT2D eigenvalue weighted by Crippen LogP contribution is -2.30. The Bertz CT molecular complexity index is 375. The van der Waals surface area contributed by atoms with Gasteiger partial charge in [0.05, 0.1) is 6.61 Å². The van der Waals surface area contributed by atoms with Crippen molar-refractivity contribution in [2.45, 2.75) is 26.9 Å². The molecule has 0 radical (unpaired) electrons. The summed E-state index contributed by atoms with van der Waals surface area (Å²) in [6, 6.07) is 2.04. The summed E-state index contributed by atoms with van der Waals surface area (Å²) < 4.78 is 6.78. The lowest BCUT2D eigenvalue weighted by atomic mass is 10.2. The van der Waals surface area contributed by atoms with Gasteiger partial charge in [0.2, 0.25) is 5.91 Å². The number of carbonyl (C=O) groups is 1. The molecule has 0 aliphatic carbocycles. The molecule has 0 spiro atoms. The van der Waals surface area contributed by atoms with Crippen LogP contribution in [-0.2, 0) is 22.6 Å². The van der Waals surface area contributed by atoms with E-state index in [1.165, 1.54) is 5.56 Å². The maximum atomic E-state index is 11.6. The molecule has 0 fully saturated rings. The van der Waals surface area contributed by atoms with Gasteiger partial charge in [-0.15, -0.1) is 0 Å². The first-order valence-corrected chi connectivity index (χ1v) is 6.73. The fraction of sp³-hybridized carbons (Fsp3) is 0.643. The SMILES string of the molecule is COCCNC(=O)Cn1ccc(CNCC(C)C)c1. The van der Waals surface area contributed by atoms with Gasteiger partial charge in [0.25, 0.3) is 0 Å². The van der Waals surface area contributed by atoms with Crippen molar-refractivity contribution in [3.8, 4) is 0 Å². The minimum Gasteiger partial charge on any atom is -0.383 e. The predicted octanol–water partition coefficient (Wildman–Crippen LogP) is 0.996. The maximum Gasteiger partial charge on any atom is 0.239 e. The summed E-state index contributed by atoms with van der Waals surface area (Å²) in [7, 11) is 1.62. The van der Waals surface area contributed by atoms with E-state index in [1.807, 2.05) is 23.0 Å². The molecule has 1 amide bonds. The Morgan fingerprint density at radius 2 is 2.26 bits per heavy atom. The summed E-state index contributed by atoms with van der Waals surface area (Å²) in [5, 5.41) is 6.18. The molecule has 0 atom stereocenters. The number of hydrogen-bond acceptors (Lipinski definition) is 3. The third kappa shape index (κ3) is 6.98. The quantitative estimate of drug-likeness (QED) is 0.656. The number of nitrogens with zero attached hydrogens (tertiary/aromatic N) is 1. The highest BCUT2D eigenvalue weighted by Crippen LogP contribution is 2.01. The molecule has 0 saturated carbocycles. The largest absolute Gasteiger partial charge is 0.383 e. The maximum absolute atomic E-state index is 11.6. The first-order chi connectivity index (χ1) is 9.11. The van der Waals surface area contributed by atoms with Crippen LogP contribution in [0.25, 0.3) is 0 Å². The molecule has 1 rings (SSSR count). The number of nitrogens with one attached hydrogen (secondary N) is 2. The number of aromatic nitrogens is 1. The third-order valence-corrected chi connectivity index (χ3v) is 2.65. The fourth-order valence-electron chi connectivity index (χ4n) is 1.71. The van der Waals surface area contributed by atoms with Crippen LogP contribution in [0.2, 0.25) is 0 Å². The number of carbonyl (C=O) groups excluding carboxylic acids is 1. The summed E-state index contributed by atoms with van der Waals surface area (Å²) >= 11 is 0. The Hall–Kier alpha value is -1.33. The van der Waals surface area contributed by atoms with Crippen LogP contribution in [-0.4, -0.2) is 37.3 Å². The highest BCUT2D eigenvalue weighted by Gasteiger charge is 2.03. The third-order valence-electron chi connectivity index (χ3n) is 2.65. The van der Waals surface area contributed by atoms with Crippen molar-refractivity contribution in [2.75, 3.05) is 26.8 Å². The Labute approximate surface area is 115 Å². The second-order valence-corrected chi connectivity index (χ2v) is 5.06. The highest BCUT2D eigenvalue weighted by molar-refractivity contribution is 5.75. The Morgan fingerprint density at radius 3 is 2.95 bits per heavy atom. The molecule has 2 N–H and O–H groups in total.